The Morgan fingerprint density at radius 3 is 2.87 bits per heavy atom. The molecule has 1 aromatic carbocycles. The fraction of sp³-hybridized carbons (Fsp3) is 0.0714. The molecular formula is C14H9BrFN3O2S2. The number of halogens is 2. The van der Waals surface area contributed by atoms with Crippen LogP contribution in [0, 0.1) is 5.82 Å². The second kappa shape index (κ2) is 7.24. The molecule has 0 aliphatic heterocycles. The van der Waals surface area contributed by atoms with E-state index in [2.05, 4.69) is 31.4 Å². The number of aromatic nitrogens is 2. The summed E-state index contributed by atoms with van der Waals surface area (Å²) in [6.45, 7) is 0. The zero-order valence-electron chi connectivity index (χ0n) is 11.5. The summed E-state index contributed by atoms with van der Waals surface area (Å²) in [5.41, 5.74) is 0.596. The van der Waals surface area contributed by atoms with Gasteiger partial charge in [-0.05, 0) is 39.7 Å². The monoisotopic (exact) mass is 413 g/mol. The Morgan fingerprint density at radius 2 is 2.13 bits per heavy atom. The van der Waals surface area contributed by atoms with Crippen molar-refractivity contribution >= 4 is 50.1 Å². The average molecular weight is 414 g/mol. The summed E-state index contributed by atoms with van der Waals surface area (Å²) in [4.78, 5) is 11.9. The number of nitrogens with one attached hydrogen (secondary N) is 1. The molecule has 0 unspecified atom stereocenters. The minimum atomic E-state index is -0.405. The SMILES string of the molecule is O=C(Nc1nnc(SCc2ccccc2F)s1)c1ccc(Br)o1. The summed E-state index contributed by atoms with van der Waals surface area (Å²) >= 11 is 5.71. The van der Waals surface area contributed by atoms with E-state index in [1.807, 2.05) is 0 Å². The lowest BCUT2D eigenvalue weighted by Crippen LogP contribution is -2.10. The molecule has 118 valence electrons. The van der Waals surface area contributed by atoms with Gasteiger partial charge >= 0.3 is 0 Å². The standard InChI is InChI=1S/C14H9BrFN3O2S2/c15-11-6-5-10(21-11)12(20)17-13-18-19-14(23-13)22-7-8-3-1-2-4-9(8)16/h1-6H,7H2,(H,17,18,20). The van der Waals surface area contributed by atoms with Gasteiger partial charge in [0.2, 0.25) is 5.13 Å². The van der Waals surface area contributed by atoms with Gasteiger partial charge in [0.25, 0.3) is 5.91 Å². The van der Waals surface area contributed by atoms with Crippen molar-refractivity contribution in [2.75, 3.05) is 5.32 Å². The molecule has 3 aromatic rings. The molecule has 0 aliphatic carbocycles. The molecule has 0 bridgehead atoms. The lowest BCUT2D eigenvalue weighted by Gasteiger charge is -1.99. The third kappa shape index (κ3) is 4.18. The first-order chi connectivity index (χ1) is 11.1. The van der Waals surface area contributed by atoms with Gasteiger partial charge in [-0.1, -0.05) is 41.3 Å². The number of amides is 1. The van der Waals surface area contributed by atoms with Crippen LogP contribution in [-0.2, 0) is 5.75 Å². The summed E-state index contributed by atoms with van der Waals surface area (Å²) < 4.78 is 19.8. The number of carbonyl (C=O) groups is 1. The van der Waals surface area contributed by atoms with Gasteiger partial charge in [-0.2, -0.15) is 0 Å². The molecule has 0 atom stereocenters. The summed E-state index contributed by atoms with van der Waals surface area (Å²) in [6.07, 6.45) is 0. The summed E-state index contributed by atoms with van der Waals surface area (Å²) in [6, 6.07) is 9.75. The maximum atomic E-state index is 13.5. The zero-order valence-corrected chi connectivity index (χ0v) is 14.7. The third-order valence-electron chi connectivity index (χ3n) is 2.73. The van der Waals surface area contributed by atoms with E-state index < -0.39 is 5.91 Å². The average Bonchev–Trinajstić information content (AvgIpc) is 3.15. The first-order valence-electron chi connectivity index (χ1n) is 6.38. The van der Waals surface area contributed by atoms with E-state index in [0.717, 1.165) is 0 Å². The molecular weight excluding hydrogens is 405 g/mol. The van der Waals surface area contributed by atoms with Crippen LogP contribution in [-0.4, -0.2) is 16.1 Å². The number of benzene rings is 1. The molecule has 0 saturated heterocycles. The van der Waals surface area contributed by atoms with Crippen molar-refractivity contribution in [3.8, 4) is 0 Å². The third-order valence-corrected chi connectivity index (χ3v) is 5.18. The number of hydrogen-bond acceptors (Lipinski definition) is 6. The van der Waals surface area contributed by atoms with Gasteiger partial charge in [-0.15, -0.1) is 10.2 Å². The van der Waals surface area contributed by atoms with Gasteiger partial charge in [0.15, 0.2) is 14.8 Å². The van der Waals surface area contributed by atoms with Crippen LogP contribution in [0.1, 0.15) is 16.1 Å². The van der Waals surface area contributed by atoms with Crippen LogP contribution in [0.2, 0.25) is 0 Å². The molecule has 0 saturated carbocycles. The van der Waals surface area contributed by atoms with E-state index in [-0.39, 0.29) is 11.6 Å². The number of anilines is 1. The van der Waals surface area contributed by atoms with E-state index in [4.69, 9.17) is 4.42 Å². The summed E-state index contributed by atoms with van der Waals surface area (Å²) in [5.74, 6) is -0.0352. The maximum Gasteiger partial charge on any atom is 0.293 e. The van der Waals surface area contributed by atoms with Gasteiger partial charge < -0.3 is 4.42 Å². The predicted molar refractivity (Wildman–Crippen MR) is 90.2 cm³/mol. The van der Waals surface area contributed by atoms with Crippen LogP contribution in [0.3, 0.4) is 0 Å². The van der Waals surface area contributed by atoms with Crippen LogP contribution in [0.5, 0.6) is 0 Å². The highest BCUT2D eigenvalue weighted by Gasteiger charge is 2.14. The van der Waals surface area contributed by atoms with Crippen LogP contribution in [0.25, 0.3) is 0 Å². The van der Waals surface area contributed by atoms with Crippen molar-refractivity contribution < 1.29 is 13.6 Å². The molecule has 9 heteroatoms. The van der Waals surface area contributed by atoms with E-state index >= 15 is 0 Å². The molecule has 23 heavy (non-hydrogen) atoms. The fourth-order valence-corrected chi connectivity index (χ4v) is 3.71. The second-order valence-electron chi connectivity index (χ2n) is 4.31. The zero-order chi connectivity index (χ0) is 16.2. The number of furan rings is 1. The van der Waals surface area contributed by atoms with Crippen LogP contribution in [0.15, 0.2) is 49.8 Å². The topological polar surface area (TPSA) is 68.0 Å². The lowest BCUT2D eigenvalue weighted by molar-refractivity contribution is 0.0995. The second-order valence-corrected chi connectivity index (χ2v) is 7.29. The first-order valence-corrected chi connectivity index (χ1v) is 8.98. The van der Waals surface area contributed by atoms with E-state index in [9.17, 15) is 9.18 Å². The van der Waals surface area contributed by atoms with Gasteiger partial charge in [-0.3, -0.25) is 10.1 Å². The molecule has 2 heterocycles. The number of thioether (sulfide) groups is 1. The number of carbonyl (C=O) groups excluding carboxylic acids is 1. The molecule has 2 aromatic heterocycles. The molecule has 1 amide bonds. The van der Waals surface area contributed by atoms with Crippen molar-refractivity contribution in [1.29, 1.82) is 0 Å². The molecule has 3 rings (SSSR count). The Hall–Kier alpha value is -1.71. The Bertz CT molecular complexity index is 837. The van der Waals surface area contributed by atoms with Crippen molar-refractivity contribution in [2.45, 2.75) is 10.1 Å². The highest BCUT2D eigenvalue weighted by Crippen LogP contribution is 2.29. The Balaban J connectivity index is 1.60. The number of nitrogens with zero attached hydrogens (tertiary/aromatic N) is 2. The quantitative estimate of drug-likeness (QED) is 0.489. The molecule has 0 aliphatic rings. The molecule has 5 nitrogen and oxygen atoms in total. The number of rotatable bonds is 5. The van der Waals surface area contributed by atoms with Crippen LogP contribution in [0.4, 0.5) is 9.52 Å². The number of hydrogen-bond donors (Lipinski definition) is 1. The van der Waals surface area contributed by atoms with Crippen molar-refractivity contribution in [3.63, 3.8) is 0 Å². The minimum absolute atomic E-state index is 0.174. The maximum absolute atomic E-state index is 13.5. The van der Waals surface area contributed by atoms with Crippen molar-refractivity contribution in [3.05, 3.63) is 58.2 Å². The van der Waals surface area contributed by atoms with Crippen molar-refractivity contribution in [2.24, 2.45) is 0 Å². The lowest BCUT2D eigenvalue weighted by atomic mass is 10.2. The first kappa shape index (κ1) is 16.2. The smallest absolute Gasteiger partial charge is 0.293 e. The van der Waals surface area contributed by atoms with Gasteiger partial charge in [0.05, 0.1) is 0 Å². The van der Waals surface area contributed by atoms with Gasteiger partial charge in [0, 0.05) is 5.75 Å². The van der Waals surface area contributed by atoms with E-state index in [1.54, 1.807) is 30.3 Å². The Kier molecular flexibility index (Phi) is 5.09. The summed E-state index contributed by atoms with van der Waals surface area (Å²) in [5, 5.41) is 10.8. The molecule has 0 fully saturated rings. The molecule has 0 radical (unpaired) electrons. The molecule has 0 spiro atoms. The highest BCUT2D eigenvalue weighted by molar-refractivity contribution is 9.10. The van der Waals surface area contributed by atoms with Crippen LogP contribution >= 0.6 is 39.0 Å². The van der Waals surface area contributed by atoms with Crippen LogP contribution < -0.4 is 5.32 Å². The predicted octanol–water partition coefficient (Wildman–Crippen LogP) is 4.58. The molecule has 1 N–H and O–H groups in total. The summed E-state index contributed by atoms with van der Waals surface area (Å²) in [7, 11) is 0. The minimum Gasteiger partial charge on any atom is -0.444 e. The largest absolute Gasteiger partial charge is 0.444 e. The van der Waals surface area contributed by atoms with E-state index in [1.165, 1.54) is 29.2 Å². The fourth-order valence-electron chi connectivity index (χ4n) is 1.67. The highest BCUT2D eigenvalue weighted by atomic mass is 79.9. The Labute approximate surface area is 147 Å². The van der Waals surface area contributed by atoms with Crippen molar-refractivity contribution in [1.82, 2.24) is 10.2 Å². The Morgan fingerprint density at radius 1 is 1.30 bits per heavy atom. The van der Waals surface area contributed by atoms with Gasteiger partial charge in [-0.25, -0.2) is 4.39 Å². The van der Waals surface area contributed by atoms with Gasteiger partial charge in [0.1, 0.15) is 5.82 Å². The van der Waals surface area contributed by atoms with E-state index in [0.29, 0.717) is 25.5 Å². The normalized spacial score (nSPS) is 10.7.